The molecule has 5 atom stereocenters. The third-order valence-electron chi connectivity index (χ3n) is 6.59. The molecular weight excluding hydrogens is 458 g/mol. The van der Waals surface area contributed by atoms with Gasteiger partial charge in [-0.3, -0.25) is 4.57 Å². The van der Waals surface area contributed by atoms with Gasteiger partial charge in [0.15, 0.2) is 23.2 Å². The summed E-state index contributed by atoms with van der Waals surface area (Å²) in [5.74, 6) is 0.690. The standard InChI is InChI=1S/C24H22ClN5O4/c25-24-27-21(18-22(28-24)30(12-26-18)23-20(33)19(32)17(11-31)34-23)29-10-15(13-6-2-1-3-7-13)14-8-4-5-9-16(14)29/h1-9,12,15,17,19-20,23,31-33H,10-11H2/t15?,17-,19?,20?,23-/m1/s1. The van der Waals surface area contributed by atoms with E-state index in [4.69, 9.17) is 16.3 Å². The van der Waals surface area contributed by atoms with Crippen molar-refractivity contribution in [1.82, 2.24) is 19.5 Å². The number of hydrogen-bond acceptors (Lipinski definition) is 8. The summed E-state index contributed by atoms with van der Waals surface area (Å²) in [7, 11) is 0. The number of benzene rings is 2. The Labute approximate surface area is 199 Å². The molecule has 34 heavy (non-hydrogen) atoms. The van der Waals surface area contributed by atoms with Gasteiger partial charge in [-0.15, -0.1) is 0 Å². The first-order valence-electron chi connectivity index (χ1n) is 11.0. The van der Waals surface area contributed by atoms with E-state index < -0.39 is 31.1 Å². The maximum absolute atomic E-state index is 10.5. The Morgan fingerprint density at radius 2 is 1.76 bits per heavy atom. The fourth-order valence-corrected chi connectivity index (χ4v) is 5.10. The topological polar surface area (TPSA) is 117 Å². The van der Waals surface area contributed by atoms with E-state index in [0.717, 1.165) is 5.69 Å². The van der Waals surface area contributed by atoms with E-state index in [1.165, 1.54) is 22.0 Å². The summed E-state index contributed by atoms with van der Waals surface area (Å²) in [5.41, 5.74) is 4.25. The lowest BCUT2D eigenvalue weighted by Gasteiger charge is -2.20. The van der Waals surface area contributed by atoms with Gasteiger partial charge in [0, 0.05) is 18.2 Å². The van der Waals surface area contributed by atoms with Crippen molar-refractivity contribution >= 4 is 34.3 Å². The number of anilines is 2. The Morgan fingerprint density at radius 3 is 2.53 bits per heavy atom. The summed E-state index contributed by atoms with van der Waals surface area (Å²) in [6.45, 7) is 0.223. The minimum Gasteiger partial charge on any atom is -0.394 e. The molecule has 1 fully saturated rings. The number of para-hydroxylation sites is 1. The molecule has 3 unspecified atom stereocenters. The molecule has 4 heterocycles. The van der Waals surface area contributed by atoms with Gasteiger partial charge >= 0.3 is 0 Å². The maximum atomic E-state index is 10.5. The molecule has 1 saturated heterocycles. The summed E-state index contributed by atoms with van der Waals surface area (Å²) < 4.78 is 7.20. The monoisotopic (exact) mass is 479 g/mol. The second-order valence-electron chi connectivity index (χ2n) is 8.50. The number of ether oxygens (including phenoxy) is 1. The van der Waals surface area contributed by atoms with Crippen LogP contribution in [0.4, 0.5) is 11.5 Å². The highest BCUT2D eigenvalue weighted by molar-refractivity contribution is 6.28. The molecule has 2 aromatic carbocycles. The lowest BCUT2D eigenvalue weighted by atomic mass is 9.93. The summed E-state index contributed by atoms with van der Waals surface area (Å²) in [5, 5.41) is 30.2. The van der Waals surface area contributed by atoms with Gasteiger partial charge in [0.1, 0.15) is 18.3 Å². The van der Waals surface area contributed by atoms with Crippen molar-refractivity contribution in [2.24, 2.45) is 0 Å². The van der Waals surface area contributed by atoms with Gasteiger partial charge < -0.3 is 25.0 Å². The predicted molar refractivity (Wildman–Crippen MR) is 125 cm³/mol. The Morgan fingerprint density at radius 1 is 1.00 bits per heavy atom. The highest BCUT2D eigenvalue weighted by Crippen LogP contribution is 2.45. The molecule has 0 saturated carbocycles. The van der Waals surface area contributed by atoms with Crippen LogP contribution in [0.15, 0.2) is 60.9 Å². The van der Waals surface area contributed by atoms with E-state index in [-0.39, 0.29) is 11.2 Å². The minimum atomic E-state index is -1.26. The highest BCUT2D eigenvalue weighted by Gasteiger charge is 2.44. The summed E-state index contributed by atoms with van der Waals surface area (Å²) in [4.78, 5) is 15.5. The van der Waals surface area contributed by atoms with Crippen LogP contribution in [0.5, 0.6) is 0 Å². The summed E-state index contributed by atoms with van der Waals surface area (Å²) in [6, 6.07) is 18.5. The number of rotatable bonds is 4. The number of aliphatic hydroxyl groups excluding tert-OH is 3. The number of fused-ring (bicyclic) bond motifs is 2. The molecule has 0 radical (unpaired) electrons. The van der Waals surface area contributed by atoms with Crippen LogP contribution in [-0.4, -0.2) is 66.3 Å². The SMILES string of the molecule is OC[C@H]1O[C@@H](n2cnc3c(N4CC(c5ccccc5)c5ccccc54)nc(Cl)nc32)C(O)C1O. The quantitative estimate of drug-likeness (QED) is 0.382. The smallest absolute Gasteiger partial charge is 0.226 e. The molecule has 6 rings (SSSR count). The molecule has 0 amide bonds. The first-order chi connectivity index (χ1) is 16.6. The van der Waals surface area contributed by atoms with E-state index in [1.807, 2.05) is 36.4 Å². The molecule has 0 aliphatic carbocycles. The van der Waals surface area contributed by atoms with Crippen LogP contribution >= 0.6 is 11.6 Å². The zero-order chi connectivity index (χ0) is 23.4. The molecule has 3 N–H and O–H groups in total. The molecule has 10 heteroatoms. The van der Waals surface area contributed by atoms with Gasteiger partial charge in [-0.2, -0.15) is 9.97 Å². The maximum Gasteiger partial charge on any atom is 0.226 e. The summed E-state index contributed by atoms with van der Waals surface area (Å²) in [6.07, 6.45) is -2.90. The van der Waals surface area contributed by atoms with E-state index in [1.54, 1.807) is 0 Å². The van der Waals surface area contributed by atoms with Crippen LogP contribution in [0.2, 0.25) is 5.28 Å². The first kappa shape index (κ1) is 21.5. The van der Waals surface area contributed by atoms with Crippen molar-refractivity contribution in [3.8, 4) is 0 Å². The average Bonchev–Trinajstić information content (AvgIpc) is 3.53. The molecular formula is C24H22ClN5O4. The van der Waals surface area contributed by atoms with Crippen LogP contribution in [0, 0.1) is 0 Å². The second kappa shape index (κ2) is 8.30. The third-order valence-corrected chi connectivity index (χ3v) is 6.76. The van der Waals surface area contributed by atoms with Crippen LogP contribution < -0.4 is 4.90 Å². The predicted octanol–water partition coefficient (Wildman–Crippen LogP) is 2.37. The number of aromatic nitrogens is 4. The van der Waals surface area contributed by atoms with Gasteiger partial charge in [0.25, 0.3) is 0 Å². The highest BCUT2D eigenvalue weighted by atomic mass is 35.5. The Hall–Kier alpha value is -3.08. The largest absolute Gasteiger partial charge is 0.394 e. The van der Waals surface area contributed by atoms with Gasteiger partial charge in [0.2, 0.25) is 5.28 Å². The third kappa shape index (κ3) is 3.28. The minimum absolute atomic E-state index is 0.0247. The van der Waals surface area contributed by atoms with Crippen molar-refractivity contribution < 1.29 is 20.1 Å². The zero-order valence-electron chi connectivity index (χ0n) is 17.9. The van der Waals surface area contributed by atoms with Crippen LogP contribution in [0.3, 0.4) is 0 Å². The van der Waals surface area contributed by atoms with Crippen molar-refractivity contribution in [3.63, 3.8) is 0 Å². The molecule has 174 valence electrons. The second-order valence-corrected chi connectivity index (χ2v) is 8.84. The Bertz CT molecular complexity index is 1350. The van der Waals surface area contributed by atoms with Crippen molar-refractivity contribution in [1.29, 1.82) is 0 Å². The van der Waals surface area contributed by atoms with Gasteiger partial charge in [-0.05, 0) is 28.8 Å². The molecule has 2 aliphatic rings. The van der Waals surface area contributed by atoms with Crippen molar-refractivity contribution in [3.05, 3.63) is 77.3 Å². The Kier molecular flexibility index (Phi) is 5.23. The van der Waals surface area contributed by atoms with Crippen LogP contribution in [-0.2, 0) is 4.74 Å². The zero-order valence-corrected chi connectivity index (χ0v) is 18.7. The molecule has 2 aromatic heterocycles. The number of hydrogen-bond donors (Lipinski definition) is 3. The van der Waals surface area contributed by atoms with Gasteiger partial charge in [-0.1, -0.05) is 48.5 Å². The van der Waals surface area contributed by atoms with Gasteiger partial charge in [0.05, 0.1) is 12.9 Å². The first-order valence-corrected chi connectivity index (χ1v) is 11.4. The lowest BCUT2D eigenvalue weighted by molar-refractivity contribution is -0.0511. The fourth-order valence-electron chi connectivity index (χ4n) is 4.94. The molecule has 4 aromatic rings. The molecule has 2 aliphatic heterocycles. The number of aliphatic hydroxyl groups is 3. The van der Waals surface area contributed by atoms with E-state index in [0.29, 0.717) is 23.5 Å². The normalized spacial score (nSPS) is 26.4. The average molecular weight is 480 g/mol. The number of nitrogens with zero attached hydrogens (tertiary/aromatic N) is 5. The van der Waals surface area contributed by atoms with Crippen LogP contribution in [0.1, 0.15) is 23.3 Å². The molecule has 9 nitrogen and oxygen atoms in total. The number of imidazole rings is 1. The van der Waals surface area contributed by atoms with Gasteiger partial charge in [-0.25, -0.2) is 4.98 Å². The van der Waals surface area contributed by atoms with Crippen molar-refractivity contribution in [2.45, 2.75) is 30.5 Å². The fraction of sp³-hybridized carbons (Fsp3) is 0.292. The van der Waals surface area contributed by atoms with E-state index in [9.17, 15) is 15.3 Å². The lowest BCUT2D eigenvalue weighted by Crippen LogP contribution is -2.33. The van der Waals surface area contributed by atoms with E-state index >= 15 is 0 Å². The molecule has 0 bridgehead atoms. The van der Waals surface area contributed by atoms with Crippen molar-refractivity contribution in [2.75, 3.05) is 18.1 Å². The summed E-state index contributed by atoms with van der Waals surface area (Å²) >= 11 is 6.36. The van der Waals surface area contributed by atoms with Crippen LogP contribution in [0.25, 0.3) is 11.2 Å². The Balaban J connectivity index is 1.45. The van der Waals surface area contributed by atoms with E-state index in [2.05, 4.69) is 38.1 Å². The number of halogens is 1. The molecule has 0 spiro atoms.